The number of rotatable bonds is 2. The fraction of sp³-hybridized carbons (Fsp3) is 0.103. The zero-order valence-electron chi connectivity index (χ0n) is 17.6. The molecule has 148 valence electrons. The summed E-state index contributed by atoms with van der Waals surface area (Å²) in [4.78, 5) is 9.28. The normalized spacial score (nSPS) is 13.7. The van der Waals surface area contributed by atoms with Crippen molar-refractivity contribution in [1.29, 1.82) is 0 Å². The lowest BCUT2D eigenvalue weighted by molar-refractivity contribution is 0.662. The Labute approximate surface area is 182 Å². The molecule has 0 saturated heterocycles. The van der Waals surface area contributed by atoms with Gasteiger partial charge in [0, 0.05) is 28.8 Å². The molecule has 2 heteroatoms. The quantitative estimate of drug-likeness (QED) is 0.312. The van der Waals surface area contributed by atoms with Gasteiger partial charge >= 0.3 is 0 Å². The van der Waals surface area contributed by atoms with Gasteiger partial charge < -0.3 is 0 Å². The lowest BCUT2D eigenvalue weighted by Gasteiger charge is -2.25. The second kappa shape index (κ2) is 6.61. The van der Waals surface area contributed by atoms with E-state index >= 15 is 0 Å². The van der Waals surface area contributed by atoms with Crippen molar-refractivity contribution in [1.82, 2.24) is 9.97 Å². The maximum atomic E-state index is 5.14. The van der Waals surface area contributed by atoms with Crippen LogP contribution in [0.1, 0.15) is 25.0 Å². The highest BCUT2D eigenvalue weighted by molar-refractivity contribution is 6.02. The predicted octanol–water partition coefficient (Wildman–Crippen LogP) is 7.27. The van der Waals surface area contributed by atoms with Crippen molar-refractivity contribution in [3.8, 4) is 33.5 Å². The van der Waals surface area contributed by atoms with E-state index in [1.165, 1.54) is 44.3 Å². The summed E-state index contributed by atoms with van der Waals surface area (Å²) in [6.45, 7) is 4.64. The van der Waals surface area contributed by atoms with Crippen LogP contribution >= 0.6 is 0 Å². The third-order valence-electron chi connectivity index (χ3n) is 6.56. The summed E-state index contributed by atoms with van der Waals surface area (Å²) < 4.78 is 0. The first kappa shape index (κ1) is 18.0. The summed E-state index contributed by atoms with van der Waals surface area (Å²) in [6, 6.07) is 30.2. The highest BCUT2D eigenvalue weighted by atomic mass is 14.7. The van der Waals surface area contributed by atoms with Crippen molar-refractivity contribution in [2.75, 3.05) is 0 Å². The van der Waals surface area contributed by atoms with E-state index in [4.69, 9.17) is 4.98 Å². The van der Waals surface area contributed by atoms with Crippen molar-refractivity contribution in [3.63, 3.8) is 0 Å². The van der Waals surface area contributed by atoms with Crippen LogP contribution in [0.3, 0.4) is 0 Å². The van der Waals surface area contributed by atoms with Gasteiger partial charge in [-0.2, -0.15) is 0 Å². The molecule has 1 aliphatic rings. The van der Waals surface area contributed by atoms with Gasteiger partial charge in [-0.3, -0.25) is 4.98 Å². The molecule has 2 aromatic heterocycles. The molecule has 31 heavy (non-hydrogen) atoms. The van der Waals surface area contributed by atoms with E-state index in [0.717, 1.165) is 11.2 Å². The minimum Gasteiger partial charge on any atom is -0.265 e. The molecule has 1 aliphatic carbocycles. The molecule has 5 aromatic rings. The van der Waals surface area contributed by atoms with Gasteiger partial charge in [0.15, 0.2) is 0 Å². The molecule has 0 atom stereocenters. The Hall–Kier alpha value is -3.78. The molecular formula is C29H22N2. The third-order valence-corrected chi connectivity index (χ3v) is 6.56. The van der Waals surface area contributed by atoms with E-state index in [1.54, 1.807) is 0 Å². The number of nitrogens with zero attached hydrogens (tertiary/aromatic N) is 2. The fourth-order valence-electron chi connectivity index (χ4n) is 5.06. The van der Waals surface area contributed by atoms with E-state index in [1.807, 2.05) is 24.5 Å². The van der Waals surface area contributed by atoms with Crippen molar-refractivity contribution in [3.05, 3.63) is 108 Å². The largest absolute Gasteiger partial charge is 0.265 e. The van der Waals surface area contributed by atoms with Crippen molar-refractivity contribution in [2.45, 2.75) is 19.3 Å². The van der Waals surface area contributed by atoms with Crippen LogP contribution in [0, 0.1) is 0 Å². The molecule has 0 unspecified atom stereocenters. The summed E-state index contributed by atoms with van der Waals surface area (Å²) in [5.41, 5.74) is 10.9. The molecule has 0 saturated carbocycles. The summed E-state index contributed by atoms with van der Waals surface area (Å²) in [5, 5.41) is 1.21. The summed E-state index contributed by atoms with van der Waals surface area (Å²) in [5.74, 6) is 0. The van der Waals surface area contributed by atoms with E-state index < -0.39 is 0 Å². The van der Waals surface area contributed by atoms with Gasteiger partial charge in [0.25, 0.3) is 0 Å². The number of fused-ring (bicyclic) bond motifs is 4. The number of hydrogen-bond acceptors (Lipinski definition) is 2. The molecule has 2 heterocycles. The van der Waals surface area contributed by atoms with Crippen molar-refractivity contribution >= 4 is 10.9 Å². The van der Waals surface area contributed by atoms with E-state index in [-0.39, 0.29) is 5.41 Å². The smallest absolute Gasteiger partial charge is 0.0759 e. The standard InChI is InChI=1S/C29H22N2/c1-29(2)24-9-5-3-7-22(24)28-27(29)26(23-8-4-6-10-25(23)31-28)21-13-11-19(12-14-21)20-15-17-30-18-16-20/h3-18H,1-2H3. The molecule has 3 aromatic carbocycles. The SMILES string of the molecule is CC1(C)c2ccccc2-c2nc3ccccc3c(-c3ccc(-c4ccncc4)cc3)c21. The Morgan fingerprint density at radius 3 is 2.10 bits per heavy atom. The Bertz CT molecular complexity index is 1430. The average molecular weight is 399 g/mol. The van der Waals surface area contributed by atoms with Crippen molar-refractivity contribution < 1.29 is 0 Å². The molecule has 0 fully saturated rings. The molecule has 2 nitrogen and oxygen atoms in total. The van der Waals surface area contributed by atoms with Crippen LogP contribution in [0.15, 0.2) is 97.3 Å². The highest BCUT2D eigenvalue weighted by Gasteiger charge is 2.39. The first-order chi connectivity index (χ1) is 15.1. The maximum absolute atomic E-state index is 5.14. The highest BCUT2D eigenvalue weighted by Crippen LogP contribution is 2.53. The lowest BCUT2D eigenvalue weighted by Crippen LogP contribution is -2.16. The van der Waals surface area contributed by atoms with Gasteiger partial charge in [-0.1, -0.05) is 80.6 Å². The zero-order valence-corrected chi connectivity index (χ0v) is 17.6. The van der Waals surface area contributed by atoms with Crippen LogP contribution in [0.25, 0.3) is 44.4 Å². The van der Waals surface area contributed by atoms with Crippen LogP contribution in [0.2, 0.25) is 0 Å². The van der Waals surface area contributed by atoms with E-state index in [9.17, 15) is 0 Å². The Kier molecular flexibility index (Phi) is 3.85. The molecule has 0 aliphatic heterocycles. The van der Waals surface area contributed by atoms with Crippen LogP contribution in [0.5, 0.6) is 0 Å². The number of para-hydroxylation sites is 1. The zero-order chi connectivity index (χ0) is 21.0. The van der Waals surface area contributed by atoms with E-state index in [0.29, 0.717) is 0 Å². The van der Waals surface area contributed by atoms with Gasteiger partial charge in [0.05, 0.1) is 11.2 Å². The Morgan fingerprint density at radius 2 is 1.29 bits per heavy atom. The van der Waals surface area contributed by atoms with Crippen molar-refractivity contribution in [2.24, 2.45) is 0 Å². The minimum atomic E-state index is -0.109. The molecule has 0 radical (unpaired) electrons. The monoisotopic (exact) mass is 398 g/mol. The third kappa shape index (κ3) is 2.65. The second-order valence-corrected chi connectivity index (χ2v) is 8.71. The number of pyridine rings is 2. The second-order valence-electron chi connectivity index (χ2n) is 8.71. The number of aromatic nitrogens is 2. The maximum Gasteiger partial charge on any atom is 0.0759 e. The number of benzene rings is 3. The molecule has 0 N–H and O–H groups in total. The van der Waals surface area contributed by atoms with Gasteiger partial charge in [-0.05, 0) is 51.6 Å². The molecule has 6 rings (SSSR count). The average Bonchev–Trinajstić information content (AvgIpc) is 3.05. The fourth-order valence-corrected chi connectivity index (χ4v) is 5.06. The van der Waals surface area contributed by atoms with Gasteiger partial charge in [0.2, 0.25) is 0 Å². The topological polar surface area (TPSA) is 25.8 Å². The molecule has 0 amide bonds. The first-order valence-electron chi connectivity index (χ1n) is 10.7. The summed E-state index contributed by atoms with van der Waals surface area (Å²) in [6.07, 6.45) is 3.68. The van der Waals surface area contributed by atoms with Crippen LogP contribution in [-0.2, 0) is 5.41 Å². The minimum absolute atomic E-state index is 0.109. The van der Waals surface area contributed by atoms with Crippen LogP contribution < -0.4 is 0 Å². The van der Waals surface area contributed by atoms with Gasteiger partial charge in [0.1, 0.15) is 0 Å². The van der Waals surface area contributed by atoms with Crippen LogP contribution in [0.4, 0.5) is 0 Å². The van der Waals surface area contributed by atoms with Gasteiger partial charge in [-0.25, -0.2) is 4.98 Å². The molecular weight excluding hydrogens is 376 g/mol. The van der Waals surface area contributed by atoms with Crippen LogP contribution in [-0.4, -0.2) is 9.97 Å². The first-order valence-corrected chi connectivity index (χ1v) is 10.7. The Balaban J connectivity index is 1.64. The number of hydrogen-bond donors (Lipinski definition) is 0. The summed E-state index contributed by atoms with van der Waals surface area (Å²) >= 11 is 0. The van der Waals surface area contributed by atoms with Gasteiger partial charge in [-0.15, -0.1) is 0 Å². The van der Waals surface area contributed by atoms with E-state index in [2.05, 4.69) is 91.6 Å². The molecule has 0 spiro atoms. The summed E-state index contributed by atoms with van der Waals surface area (Å²) in [7, 11) is 0. The molecule has 0 bridgehead atoms. The lowest BCUT2D eigenvalue weighted by atomic mass is 9.78. The predicted molar refractivity (Wildman–Crippen MR) is 128 cm³/mol. The Morgan fingerprint density at radius 1 is 0.645 bits per heavy atom.